The van der Waals surface area contributed by atoms with Crippen molar-refractivity contribution in [2.75, 3.05) is 5.73 Å². The van der Waals surface area contributed by atoms with E-state index in [2.05, 4.69) is 0 Å². The van der Waals surface area contributed by atoms with E-state index in [1.165, 1.54) is 0 Å². The molecule has 2 aromatic rings. The van der Waals surface area contributed by atoms with Gasteiger partial charge in [0.1, 0.15) is 17.1 Å². The van der Waals surface area contributed by atoms with Gasteiger partial charge in [0.15, 0.2) is 0 Å². The molecule has 2 aromatic carbocycles. The standard InChI is InChI=1S/C16H15NO2/c17-10-2-4-13-12-5-3-11(18)9-14(12)16(6-1-7-16)19-15(13)8-10/h2-5,8-9,18H,1,6-7,17H2. The van der Waals surface area contributed by atoms with Gasteiger partial charge in [-0.1, -0.05) is 6.07 Å². The highest BCUT2D eigenvalue weighted by Crippen LogP contribution is 2.54. The molecule has 1 fully saturated rings. The fraction of sp³-hybridized carbons (Fsp3) is 0.250. The van der Waals surface area contributed by atoms with Crippen LogP contribution in [0.15, 0.2) is 36.4 Å². The molecule has 96 valence electrons. The van der Waals surface area contributed by atoms with Gasteiger partial charge in [-0.15, -0.1) is 0 Å². The van der Waals surface area contributed by atoms with Gasteiger partial charge in [-0.3, -0.25) is 0 Å². The van der Waals surface area contributed by atoms with Crippen LogP contribution >= 0.6 is 0 Å². The lowest BCUT2D eigenvalue weighted by Crippen LogP contribution is -2.42. The Kier molecular flexibility index (Phi) is 1.94. The van der Waals surface area contributed by atoms with E-state index in [-0.39, 0.29) is 5.60 Å². The molecule has 4 rings (SSSR count). The van der Waals surface area contributed by atoms with Crippen LogP contribution in [0.3, 0.4) is 0 Å². The van der Waals surface area contributed by atoms with Crippen LogP contribution in [0, 0.1) is 0 Å². The normalized spacial score (nSPS) is 18.1. The summed E-state index contributed by atoms with van der Waals surface area (Å²) in [5, 5.41) is 9.76. The van der Waals surface area contributed by atoms with Crippen LogP contribution in [-0.2, 0) is 5.60 Å². The summed E-state index contributed by atoms with van der Waals surface area (Å²) in [7, 11) is 0. The molecule has 2 aliphatic rings. The second kappa shape index (κ2) is 3.44. The lowest BCUT2D eigenvalue weighted by Gasteiger charge is -2.46. The predicted molar refractivity (Wildman–Crippen MR) is 74.1 cm³/mol. The Morgan fingerprint density at radius 2 is 1.84 bits per heavy atom. The molecule has 3 N–H and O–H groups in total. The third-order valence-corrected chi connectivity index (χ3v) is 4.26. The van der Waals surface area contributed by atoms with Crippen LogP contribution in [-0.4, -0.2) is 5.11 Å². The summed E-state index contributed by atoms with van der Waals surface area (Å²) in [6.45, 7) is 0. The minimum atomic E-state index is -0.255. The molecule has 0 bridgehead atoms. The number of hydrogen-bond donors (Lipinski definition) is 2. The quantitative estimate of drug-likeness (QED) is 0.707. The second-order valence-corrected chi connectivity index (χ2v) is 5.44. The Morgan fingerprint density at radius 3 is 2.58 bits per heavy atom. The van der Waals surface area contributed by atoms with Crippen molar-refractivity contribution >= 4 is 5.69 Å². The average Bonchev–Trinajstić information content (AvgIpc) is 2.35. The molecule has 0 radical (unpaired) electrons. The van der Waals surface area contributed by atoms with E-state index in [0.717, 1.165) is 47.4 Å². The number of phenols is 1. The molecule has 0 unspecified atom stereocenters. The molecule has 0 aromatic heterocycles. The van der Waals surface area contributed by atoms with Crippen molar-refractivity contribution in [3.05, 3.63) is 42.0 Å². The molecule has 3 nitrogen and oxygen atoms in total. The monoisotopic (exact) mass is 253 g/mol. The number of rotatable bonds is 0. The van der Waals surface area contributed by atoms with Gasteiger partial charge in [0.25, 0.3) is 0 Å². The first-order chi connectivity index (χ1) is 9.18. The van der Waals surface area contributed by atoms with Gasteiger partial charge in [0.05, 0.1) is 0 Å². The van der Waals surface area contributed by atoms with Gasteiger partial charge in [-0.05, 0) is 49.1 Å². The van der Waals surface area contributed by atoms with Crippen molar-refractivity contribution < 1.29 is 9.84 Å². The van der Waals surface area contributed by atoms with E-state index in [1.54, 1.807) is 6.07 Å². The summed E-state index contributed by atoms with van der Waals surface area (Å²) in [5.74, 6) is 1.16. The summed E-state index contributed by atoms with van der Waals surface area (Å²) in [4.78, 5) is 0. The van der Waals surface area contributed by atoms with E-state index in [0.29, 0.717) is 5.75 Å². The van der Waals surface area contributed by atoms with Crippen LogP contribution in [0.25, 0.3) is 11.1 Å². The van der Waals surface area contributed by atoms with Crippen LogP contribution < -0.4 is 10.5 Å². The maximum Gasteiger partial charge on any atom is 0.135 e. The first-order valence-corrected chi connectivity index (χ1v) is 6.60. The summed E-state index contributed by atoms with van der Waals surface area (Å²) in [6.07, 6.45) is 3.15. The molecule has 0 saturated heterocycles. The molecule has 3 heteroatoms. The number of benzene rings is 2. The fourth-order valence-electron chi connectivity index (χ4n) is 3.12. The summed E-state index contributed by atoms with van der Waals surface area (Å²) < 4.78 is 6.23. The van der Waals surface area contributed by atoms with Gasteiger partial charge < -0.3 is 15.6 Å². The molecule has 1 saturated carbocycles. The number of nitrogens with two attached hydrogens (primary N) is 1. The van der Waals surface area contributed by atoms with Gasteiger partial charge in [-0.25, -0.2) is 0 Å². The van der Waals surface area contributed by atoms with Gasteiger partial charge in [0, 0.05) is 22.9 Å². The predicted octanol–water partition coefficient (Wildman–Crippen LogP) is 3.41. The van der Waals surface area contributed by atoms with Crippen LogP contribution in [0.2, 0.25) is 0 Å². The Balaban J connectivity index is 2.00. The van der Waals surface area contributed by atoms with Crippen LogP contribution in [0.5, 0.6) is 11.5 Å². The topological polar surface area (TPSA) is 55.5 Å². The van der Waals surface area contributed by atoms with E-state index in [4.69, 9.17) is 10.5 Å². The maximum atomic E-state index is 9.76. The smallest absolute Gasteiger partial charge is 0.135 e. The third kappa shape index (κ3) is 1.38. The molecule has 1 spiro atoms. The van der Waals surface area contributed by atoms with Crippen molar-refractivity contribution in [3.8, 4) is 22.6 Å². The number of aromatic hydroxyl groups is 1. The minimum Gasteiger partial charge on any atom is -0.508 e. The van der Waals surface area contributed by atoms with Crippen molar-refractivity contribution in [1.82, 2.24) is 0 Å². The molecule has 1 aliphatic heterocycles. The zero-order valence-electron chi connectivity index (χ0n) is 10.5. The van der Waals surface area contributed by atoms with Crippen molar-refractivity contribution in [2.24, 2.45) is 0 Å². The third-order valence-electron chi connectivity index (χ3n) is 4.26. The summed E-state index contributed by atoms with van der Waals surface area (Å²) in [5.41, 5.74) is 9.63. The van der Waals surface area contributed by atoms with Crippen molar-refractivity contribution in [3.63, 3.8) is 0 Å². The maximum absolute atomic E-state index is 9.76. The number of anilines is 1. The van der Waals surface area contributed by atoms with E-state index in [9.17, 15) is 5.11 Å². The van der Waals surface area contributed by atoms with Crippen molar-refractivity contribution in [1.29, 1.82) is 0 Å². The summed E-state index contributed by atoms with van der Waals surface area (Å²) >= 11 is 0. The molecular formula is C16H15NO2. The Hall–Kier alpha value is -2.16. The minimum absolute atomic E-state index is 0.255. The number of hydrogen-bond acceptors (Lipinski definition) is 3. The van der Waals surface area contributed by atoms with E-state index < -0.39 is 0 Å². The SMILES string of the molecule is Nc1ccc2c(c1)OC1(CCC1)c1cc(O)ccc1-2. The highest BCUT2D eigenvalue weighted by atomic mass is 16.5. The highest BCUT2D eigenvalue weighted by molar-refractivity contribution is 5.79. The fourth-order valence-corrected chi connectivity index (χ4v) is 3.12. The molecular weight excluding hydrogens is 238 g/mol. The Labute approximate surface area is 111 Å². The Morgan fingerprint density at radius 1 is 1.05 bits per heavy atom. The molecule has 0 atom stereocenters. The molecule has 19 heavy (non-hydrogen) atoms. The van der Waals surface area contributed by atoms with Crippen molar-refractivity contribution in [2.45, 2.75) is 24.9 Å². The van der Waals surface area contributed by atoms with Crippen LogP contribution in [0.4, 0.5) is 5.69 Å². The Bertz CT molecular complexity index is 674. The number of phenolic OH excluding ortho intramolecular Hbond substituents is 1. The number of nitrogen functional groups attached to an aromatic ring is 1. The zero-order valence-corrected chi connectivity index (χ0v) is 10.5. The van der Waals surface area contributed by atoms with Gasteiger partial charge >= 0.3 is 0 Å². The number of fused-ring (bicyclic) bond motifs is 4. The first kappa shape index (κ1) is 10.7. The first-order valence-electron chi connectivity index (χ1n) is 6.60. The van der Waals surface area contributed by atoms with Gasteiger partial charge in [0.2, 0.25) is 0 Å². The van der Waals surface area contributed by atoms with E-state index in [1.807, 2.05) is 30.3 Å². The van der Waals surface area contributed by atoms with Gasteiger partial charge in [-0.2, -0.15) is 0 Å². The average molecular weight is 253 g/mol. The number of ether oxygens (including phenoxy) is 1. The van der Waals surface area contributed by atoms with E-state index >= 15 is 0 Å². The highest BCUT2D eigenvalue weighted by Gasteiger charge is 2.46. The van der Waals surface area contributed by atoms with Crippen LogP contribution in [0.1, 0.15) is 24.8 Å². The molecule has 1 aliphatic carbocycles. The summed E-state index contributed by atoms with van der Waals surface area (Å²) in [6, 6.07) is 11.3. The lowest BCUT2D eigenvalue weighted by atomic mass is 9.71. The zero-order chi connectivity index (χ0) is 13.0. The largest absolute Gasteiger partial charge is 0.508 e. The lowest BCUT2D eigenvalue weighted by molar-refractivity contribution is -0.0144. The molecule has 1 heterocycles. The molecule has 0 amide bonds. The second-order valence-electron chi connectivity index (χ2n) is 5.44.